The fourth-order valence-corrected chi connectivity index (χ4v) is 3.81. The highest BCUT2D eigenvalue weighted by Gasteiger charge is 2.26. The molecule has 0 spiro atoms. The minimum absolute atomic E-state index is 0.254. The SMILES string of the molecule is CCNC(CS(=O)c1ccc(Cl)cc1)C1CCOC1. The predicted octanol–water partition coefficient (Wildman–Crippen LogP) is 2.46. The monoisotopic (exact) mass is 301 g/mol. The summed E-state index contributed by atoms with van der Waals surface area (Å²) in [6.07, 6.45) is 1.05. The van der Waals surface area contributed by atoms with Crippen LogP contribution in [0.25, 0.3) is 0 Å². The number of halogens is 1. The third-order valence-electron chi connectivity index (χ3n) is 3.41. The Labute approximate surface area is 122 Å². The third-order valence-corrected chi connectivity index (χ3v) is 5.12. The smallest absolute Gasteiger partial charge is 0.0545 e. The maximum atomic E-state index is 12.4. The average molecular weight is 302 g/mol. The van der Waals surface area contributed by atoms with Gasteiger partial charge in [0.15, 0.2) is 0 Å². The van der Waals surface area contributed by atoms with E-state index in [0.29, 0.717) is 16.7 Å². The first kappa shape index (κ1) is 15.0. The molecule has 1 fully saturated rings. The minimum Gasteiger partial charge on any atom is -0.381 e. The first-order valence-corrected chi connectivity index (χ1v) is 8.35. The molecule has 5 heteroatoms. The lowest BCUT2D eigenvalue weighted by Gasteiger charge is -2.22. The number of hydrogen-bond acceptors (Lipinski definition) is 3. The van der Waals surface area contributed by atoms with E-state index in [1.165, 1.54) is 0 Å². The van der Waals surface area contributed by atoms with Gasteiger partial charge in [-0.15, -0.1) is 0 Å². The average Bonchev–Trinajstić information content (AvgIpc) is 2.92. The number of nitrogens with one attached hydrogen (secondary N) is 1. The van der Waals surface area contributed by atoms with Gasteiger partial charge in [-0.2, -0.15) is 0 Å². The Hall–Kier alpha value is -0.420. The number of ether oxygens (including phenoxy) is 1. The summed E-state index contributed by atoms with van der Waals surface area (Å²) in [5, 5.41) is 4.11. The van der Waals surface area contributed by atoms with Crippen LogP contribution >= 0.6 is 11.6 Å². The van der Waals surface area contributed by atoms with Gasteiger partial charge in [-0.1, -0.05) is 18.5 Å². The summed E-state index contributed by atoms with van der Waals surface area (Å²) in [5.41, 5.74) is 0. The van der Waals surface area contributed by atoms with Crippen LogP contribution in [0.2, 0.25) is 5.02 Å². The molecule has 1 N–H and O–H groups in total. The van der Waals surface area contributed by atoms with Crippen molar-refractivity contribution in [2.75, 3.05) is 25.5 Å². The van der Waals surface area contributed by atoms with Gasteiger partial charge in [0, 0.05) is 34.2 Å². The number of rotatable bonds is 6. The quantitative estimate of drug-likeness (QED) is 0.877. The van der Waals surface area contributed by atoms with E-state index < -0.39 is 10.8 Å². The third kappa shape index (κ3) is 4.28. The van der Waals surface area contributed by atoms with E-state index in [2.05, 4.69) is 12.2 Å². The molecule has 106 valence electrons. The summed E-state index contributed by atoms with van der Waals surface area (Å²) in [6, 6.07) is 7.51. The lowest BCUT2D eigenvalue weighted by Crippen LogP contribution is -2.40. The van der Waals surface area contributed by atoms with Crippen molar-refractivity contribution in [3.63, 3.8) is 0 Å². The van der Waals surface area contributed by atoms with Crippen LogP contribution in [-0.4, -0.2) is 35.8 Å². The Kier molecular flexibility index (Phi) is 5.82. The van der Waals surface area contributed by atoms with Crippen molar-refractivity contribution in [2.45, 2.75) is 24.3 Å². The molecule has 3 nitrogen and oxygen atoms in total. The van der Waals surface area contributed by atoms with E-state index in [-0.39, 0.29) is 6.04 Å². The molecule has 1 saturated heterocycles. The van der Waals surface area contributed by atoms with Gasteiger partial charge < -0.3 is 10.1 Å². The van der Waals surface area contributed by atoms with Crippen LogP contribution in [0.15, 0.2) is 29.2 Å². The zero-order chi connectivity index (χ0) is 13.7. The second-order valence-corrected chi connectivity index (χ2v) is 6.69. The first-order chi connectivity index (χ1) is 9.20. The van der Waals surface area contributed by atoms with Crippen LogP contribution in [0.3, 0.4) is 0 Å². The highest BCUT2D eigenvalue weighted by molar-refractivity contribution is 7.85. The minimum atomic E-state index is -0.996. The zero-order valence-electron chi connectivity index (χ0n) is 11.1. The van der Waals surface area contributed by atoms with Crippen molar-refractivity contribution >= 4 is 22.4 Å². The fourth-order valence-electron chi connectivity index (χ4n) is 2.34. The van der Waals surface area contributed by atoms with Crippen LogP contribution < -0.4 is 5.32 Å². The largest absolute Gasteiger partial charge is 0.381 e. The molecule has 1 aliphatic heterocycles. The van der Waals surface area contributed by atoms with Gasteiger partial charge in [-0.25, -0.2) is 0 Å². The Morgan fingerprint density at radius 3 is 2.79 bits per heavy atom. The summed E-state index contributed by atoms with van der Waals surface area (Å²) in [5.74, 6) is 1.10. The van der Waals surface area contributed by atoms with Crippen LogP contribution in [-0.2, 0) is 15.5 Å². The van der Waals surface area contributed by atoms with Crippen molar-refractivity contribution in [3.05, 3.63) is 29.3 Å². The van der Waals surface area contributed by atoms with E-state index in [1.807, 2.05) is 12.1 Å². The Bertz CT molecular complexity index is 418. The molecule has 1 aliphatic rings. The van der Waals surface area contributed by atoms with E-state index in [9.17, 15) is 4.21 Å². The highest BCUT2D eigenvalue weighted by atomic mass is 35.5. The summed E-state index contributed by atoms with van der Waals surface area (Å²) >= 11 is 5.85. The first-order valence-electron chi connectivity index (χ1n) is 6.65. The molecule has 19 heavy (non-hydrogen) atoms. The molecule has 0 saturated carbocycles. The lowest BCUT2D eigenvalue weighted by molar-refractivity contribution is 0.179. The predicted molar refractivity (Wildman–Crippen MR) is 79.1 cm³/mol. The van der Waals surface area contributed by atoms with Crippen LogP contribution in [0.4, 0.5) is 0 Å². The van der Waals surface area contributed by atoms with Crippen molar-refractivity contribution < 1.29 is 8.95 Å². The molecule has 0 aliphatic carbocycles. The van der Waals surface area contributed by atoms with Crippen LogP contribution in [0.5, 0.6) is 0 Å². The second kappa shape index (κ2) is 7.39. The summed E-state index contributed by atoms with van der Waals surface area (Å²) in [7, 11) is -0.996. The van der Waals surface area contributed by atoms with E-state index >= 15 is 0 Å². The van der Waals surface area contributed by atoms with Crippen molar-refractivity contribution in [3.8, 4) is 0 Å². The molecule has 1 heterocycles. The summed E-state index contributed by atoms with van der Waals surface area (Å²) in [6.45, 7) is 4.56. The maximum absolute atomic E-state index is 12.4. The van der Waals surface area contributed by atoms with Gasteiger partial charge in [0.05, 0.1) is 17.4 Å². The normalized spacial score (nSPS) is 22.3. The molecule has 3 atom stereocenters. The fraction of sp³-hybridized carbons (Fsp3) is 0.571. The van der Waals surface area contributed by atoms with Crippen molar-refractivity contribution in [1.29, 1.82) is 0 Å². The zero-order valence-corrected chi connectivity index (χ0v) is 12.7. The van der Waals surface area contributed by atoms with E-state index in [4.69, 9.17) is 16.3 Å². The molecule has 0 amide bonds. The van der Waals surface area contributed by atoms with Gasteiger partial charge in [0.2, 0.25) is 0 Å². The van der Waals surface area contributed by atoms with E-state index in [0.717, 1.165) is 31.1 Å². The summed E-state index contributed by atoms with van der Waals surface area (Å²) < 4.78 is 17.8. The lowest BCUT2D eigenvalue weighted by atomic mass is 10.0. The number of benzene rings is 1. The molecule has 3 unspecified atom stereocenters. The van der Waals surface area contributed by atoms with Crippen LogP contribution in [0, 0.1) is 5.92 Å². The van der Waals surface area contributed by atoms with Gasteiger partial charge in [-0.3, -0.25) is 4.21 Å². The molecule has 0 bridgehead atoms. The van der Waals surface area contributed by atoms with Crippen molar-refractivity contribution in [1.82, 2.24) is 5.32 Å². The van der Waals surface area contributed by atoms with Crippen LogP contribution in [0.1, 0.15) is 13.3 Å². The number of hydrogen-bond donors (Lipinski definition) is 1. The molecule has 0 aromatic heterocycles. The molecular formula is C14H20ClNO2S. The molecule has 0 radical (unpaired) electrons. The van der Waals surface area contributed by atoms with Gasteiger partial charge in [0.1, 0.15) is 0 Å². The van der Waals surface area contributed by atoms with Gasteiger partial charge in [0.25, 0.3) is 0 Å². The topological polar surface area (TPSA) is 38.3 Å². The van der Waals surface area contributed by atoms with Gasteiger partial charge >= 0.3 is 0 Å². The highest BCUT2D eigenvalue weighted by Crippen LogP contribution is 2.20. The Balaban J connectivity index is 1.99. The summed E-state index contributed by atoms with van der Waals surface area (Å²) in [4.78, 5) is 0.839. The molecular weight excluding hydrogens is 282 g/mol. The maximum Gasteiger partial charge on any atom is 0.0545 e. The van der Waals surface area contributed by atoms with Crippen molar-refractivity contribution in [2.24, 2.45) is 5.92 Å². The molecule has 1 aromatic carbocycles. The standard InChI is InChI=1S/C14H20ClNO2S/c1-2-16-14(11-7-8-18-9-11)10-19(17)13-5-3-12(15)4-6-13/h3-6,11,14,16H,2,7-10H2,1H3. The molecule has 2 rings (SSSR count). The van der Waals surface area contributed by atoms with Gasteiger partial charge in [-0.05, 0) is 37.2 Å². The Morgan fingerprint density at radius 2 is 2.21 bits per heavy atom. The molecule has 1 aromatic rings. The Morgan fingerprint density at radius 1 is 1.47 bits per heavy atom. The second-order valence-electron chi connectivity index (χ2n) is 4.75. The van der Waals surface area contributed by atoms with E-state index in [1.54, 1.807) is 12.1 Å².